The average molecular weight is 282 g/mol. The molecule has 0 spiro atoms. The van der Waals surface area contributed by atoms with Gasteiger partial charge in [-0.2, -0.15) is 0 Å². The summed E-state index contributed by atoms with van der Waals surface area (Å²) < 4.78 is 11.1. The lowest BCUT2D eigenvalue weighted by molar-refractivity contribution is 0.0943. The Balaban J connectivity index is 2.73. The Morgan fingerprint density at radius 2 is 2.05 bits per heavy atom. The van der Waals surface area contributed by atoms with Gasteiger partial charge >= 0.3 is 0 Å². The number of likely N-dealkylation sites (N-methyl/N-ethyl adjacent to an activating group) is 1. The summed E-state index contributed by atoms with van der Waals surface area (Å²) in [6.07, 6.45) is 2.46. The van der Waals surface area contributed by atoms with E-state index in [1.807, 2.05) is 38.2 Å². The highest BCUT2D eigenvalue weighted by molar-refractivity contribution is 7.84. The van der Waals surface area contributed by atoms with Crippen molar-refractivity contribution in [2.45, 2.75) is 19.4 Å². The molecule has 0 saturated carbocycles. The van der Waals surface area contributed by atoms with Crippen LogP contribution in [0.4, 0.5) is 0 Å². The van der Waals surface area contributed by atoms with E-state index in [9.17, 15) is 9.00 Å². The van der Waals surface area contributed by atoms with E-state index in [0.717, 1.165) is 18.5 Å². The van der Waals surface area contributed by atoms with E-state index < -0.39 is 10.8 Å². The number of carbonyl (C=O) groups excluding carboxylic acids is 1. The molecule has 2 N–H and O–H groups in total. The second kappa shape index (κ2) is 8.07. The smallest absolute Gasteiger partial charge is 0.251 e. The summed E-state index contributed by atoms with van der Waals surface area (Å²) in [6.45, 7) is 2.70. The summed E-state index contributed by atoms with van der Waals surface area (Å²) in [5.74, 6) is 0.384. The monoisotopic (exact) mass is 282 g/mol. The predicted molar refractivity (Wildman–Crippen MR) is 79.9 cm³/mol. The van der Waals surface area contributed by atoms with E-state index in [1.54, 1.807) is 6.26 Å². The van der Waals surface area contributed by atoms with E-state index >= 15 is 0 Å². The number of nitrogens with one attached hydrogen (secondary N) is 2. The molecule has 0 aliphatic rings. The average Bonchev–Trinajstić information content (AvgIpc) is 2.35. The van der Waals surface area contributed by atoms with E-state index in [1.165, 1.54) is 0 Å². The summed E-state index contributed by atoms with van der Waals surface area (Å²) >= 11 is 0. The van der Waals surface area contributed by atoms with Gasteiger partial charge in [0.05, 0.1) is 0 Å². The Hall–Kier alpha value is -1.20. The first kappa shape index (κ1) is 15.9. The van der Waals surface area contributed by atoms with Gasteiger partial charge in [-0.15, -0.1) is 0 Å². The van der Waals surface area contributed by atoms with Crippen molar-refractivity contribution >= 4 is 16.7 Å². The van der Waals surface area contributed by atoms with Gasteiger partial charge in [-0.05, 0) is 38.6 Å². The SMILES string of the molecule is CNCCc1ccccc1C(=O)NC(C)CS(C)=O. The third-order valence-corrected chi connectivity index (χ3v) is 3.74. The number of amides is 1. The summed E-state index contributed by atoms with van der Waals surface area (Å²) in [5.41, 5.74) is 1.73. The Kier molecular flexibility index (Phi) is 6.73. The third-order valence-electron chi connectivity index (χ3n) is 2.77. The molecule has 2 unspecified atom stereocenters. The predicted octanol–water partition coefficient (Wildman–Crippen LogP) is 0.945. The van der Waals surface area contributed by atoms with Gasteiger partial charge in [0.15, 0.2) is 0 Å². The topological polar surface area (TPSA) is 58.2 Å². The van der Waals surface area contributed by atoms with Crippen molar-refractivity contribution in [3.8, 4) is 0 Å². The first-order valence-corrected chi connectivity index (χ1v) is 8.10. The number of rotatable bonds is 7. The third kappa shape index (κ3) is 5.53. The van der Waals surface area contributed by atoms with Gasteiger partial charge in [-0.3, -0.25) is 9.00 Å². The standard InChI is InChI=1S/C14H22N2O2S/c1-11(10-19(3)18)16-14(17)13-7-5-4-6-12(13)8-9-15-2/h4-7,11,15H,8-10H2,1-3H3,(H,16,17). The van der Waals surface area contributed by atoms with Crippen LogP contribution in [0.2, 0.25) is 0 Å². The van der Waals surface area contributed by atoms with Crippen LogP contribution in [0.15, 0.2) is 24.3 Å². The van der Waals surface area contributed by atoms with Crippen molar-refractivity contribution in [1.29, 1.82) is 0 Å². The molecule has 2 atom stereocenters. The molecule has 0 radical (unpaired) electrons. The van der Waals surface area contributed by atoms with Gasteiger partial charge in [-0.25, -0.2) is 0 Å². The quantitative estimate of drug-likeness (QED) is 0.783. The molecule has 5 heteroatoms. The van der Waals surface area contributed by atoms with Crippen molar-refractivity contribution in [3.63, 3.8) is 0 Å². The van der Waals surface area contributed by atoms with E-state index in [4.69, 9.17) is 0 Å². The molecule has 0 aliphatic carbocycles. The highest BCUT2D eigenvalue weighted by atomic mass is 32.2. The Labute approximate surface area is 117 Å². The second-order valence-electron chi connectivity index (χ2n) is 4.63. The minimum atomic E-state index is -0.903. The molecule has 1 amide bonds. The molecule has 0 heterocycles. The molecular weight excluding hydrogens is 260 g/mol. The molecule has 0 aromatic heterocycles. The van der Waals surface area contributed by atoms with Crippen molar-refractivity contribution in [2.75, 3.05) is 25.6 Å². The molecule has 1 rings (SSSR count). The molecule has 1 aromatic rings. The lowest BCUT2D eigenvalue weighted by Gasteiger charge is -2.14. The molecule has 0 fully saturated rings. The van der Waals surface area contributed by atoms with E-state index in [2.05, 4.69) is 10.6 Å². The van der Waals surface area contributed by atoms with Crippen molar-refractivity contribution in [3.05, 3.63) is 35.4 Å². The molecule has 0 bridgehead atoms. The first-order chi connectivity index (χ1) is 9.04. The fourth-order valence-electron chi connectivity index (χ4n) is 1.91. The molecule has 0 saturated heterocycles. The largest absolute Gasteiger partial charge is 0.349 e. The fraction of sp³-hybridized carbons (Fsp3) is 0.500. The van der Waals surface area contributed by atoms with Crippen molar-refractivity contribution in [1.82, 2.24) is 10.6 Å². The molecule has 0 aliphatic heterocycles. The van der Waals surface area contributed by atoms with Gasteiger partial charge < -0.3 is 10.6 Å². The zero-order valence-electron chi connectivity index (χ0n) is 11.7. The Bertz CT molecular complexity index is 449. The van der Waals surface area contributed by atoms with E-state index in [0.29, 0.717) is 11.3 Å². The van der Waals surface area contributed by atoms with Crippen LogP contribution in [-0.4, -0.2) is 41.8 Å². The van der Waals surface area contributed by atoms with Crippen LogP contribution in [0.25, 0.3) is 0 Å². The summed E-state index contributed by atoms with van der Waals surface area (Å²) in [7, 11) is 0.987. The minimum absolute atomic E-state index is 0.0873. The van der Waals surface area contributed by atoms with Crippen LogP contribution in [0.3, 0.4) is 0 Å². The van der Waals surface area contributed by atoms with Crippen LogP contribution in [-0.2, 0) is 17.2 Å². The maximum Gasteiger partial charge on any atom is 0.251 e. The van der Waals surface area contributed by atoms with Crippen LogP contribution in [0.1, 0.15) is 22.8 Å². The van der Waals surface area contributed by atoms with Gasteiger partial charge in [0.1, 0.15) is 0 Å². The van der Waals surface area contributed by atoms with Gasteiger partial charge in [-0.1, -0.05) is 18.2 Å². The minimum Gasteiger partial charge on any atom is -0.349 e. The van der Waals surface area contributed by atoms with Gasteiger partial charge in [0.25, 0.3) is 5.91 Å². The number of carbonyl (C=O) groups is 1. The van der Waals surface area contributed by atoms with Crippen molar-refractivity contribution in [2.24, 2.45) is 0 Å². The Morgan fingerprint density at radius 1 is 1.37 bits per heavy atom. The lowest BCUT2D eigenvalue weighted by atomic mass is 10.0. The van der Waals surface area contributed by atoms with Gasteiger partial charge in [0.2, 0.25) is 0 Å². The van der Waals surface area contributed by atoms with Gasteiger partial charge in [0, 0.05) is 34.4 Å². The number of hydrogen-bond acceptors (Lipinski definition) is 3. The summed E-state index contributed by atoms with van der Waals surface area (Å²) in [5, 5.41) is 5.97. The Morgan fingerprint density at radius 3 is 2.68 bits per heavy atom. The van der Waals surface area contributed by atoms with Crippen molar-refractivity contribution < 1.29 is 9.00 Å². The van der Waals surface area contributed by atoms with Crippen LogP contribution >= 0.6 is 0 Å². The zero-order chi connectivity index (χ0) is 14.3. The maximum absolute atomic E-state index is 12.2. The second-order valence-corrected chi connectivity index (χ2v) is 6.10. The van der Waals surface area contributed by atoms with Crippen LogP contribution < -0.4 is 10.6 Å². The van der Waals surface area contributed by atoms with Crippen LogP contribution in [0.5, 0.6) is 0 Å². The highest BCUT2D eigenvalue weighted by Gasteiger charge is 2.13. The molecule has 1 aromatic carbocycles. The summed E-state index contributed by atoms with van der Waals surface area (Å²) in [6, 6.07) is 7.51. The summed E-state index contributed by atoms with van der Waals surface area (Å²) in [4.78, 5) is 12.2. The highest BCUT2D eigenvalue weighted by Crippen LogP contribution is 2.09. The zero-order valence-corrected chi connectivity index (χ0v) is 12.5. The van der Waals surface area contributed by atoms with Crippen LogP contribution in [0, 0.1) is 0 Å². The first-order valence-electron chi connectivity index (χ1n) is 6.38. The number of benzene rings is 1. The molecule has 4 nitrogen and oxygen atoms in total. The molecular formula is C14H22N2O2S. The lowest BCUT2D eigenvalue weighted by Crippen LogP contribution is -2.36. The number of hydrogen-bond donors (Lipinski definition) is 2. The molecule has 19 heavy (non-hydrogen) atoms. The normalized spacial score (nSPS) is 13.8. The maximum atomic E-state index is 12.2. The fourth-order valence-corrected chi connectivity index (χ4v) is 2.70. The van der Waals surface area contributed by atoms with E-state index in [-0.39, 0.29) is 11.9 Å². The molecule has 106 valence electrons.